The van der Waals surface area contributed by atoms with E-state index in [0.29, 0.717) is 22.4 Å². The Balaban J connectivity index is 1.58. The molecular weight excluding hydrogens is 338 g/mol. The lowest BCUT2D eigenvalue weighted by Gasteiger charge is -2.22. The summed E-state index contributed by atoms with van der Waals surface area (Å²) in [6.45, 7) is 1.74. The lowest BCUT2D eigenvalue weighted by Crippen LogP contribution is -2.38. The van der Waals surface area contributed by atoms with Crippen molar-refractivity contribution in [1.82, 2.24) is 5.06 Å². The average Bonchev–Trinajstić information content (AvgIpc) is 3.18. The van der Waals surface area contributed by atoms with Crippen molar-refractivity contribution in [2.24, 2.45) is 4.99 Å². The number of benzene rings is 1. The van der Waals surface area contributed by atoms with Crippen LogP contribution < -0.4 is 0 Å². The molecule has 2 aliphatic rings. The topological polar surface area (TPSA) is 78.9 Å². The average molecular weight is 351 g/mol. The van der Waals surface area contributed by atoms with Gasteiger partial charge in [0.25, 0.3) is 5.91 Å². The number of aliphatic imine (C=N–C) groups is 1. The number of rotatable bonds is 3. The van der Waals surface area contributed by atoms with Gasteiger partial charge in [0, 0.05) is 11.0 Å². The third-order valence-corrected chi connectivity index (χ3v) is 4.46. The van der Waals surface area contributed by atoms with E-state index in [1.54, 1.807) is 19.1 Å². The van der Waals surface area contributed by atoms with Crippen molar-refractivity contribution in [2.75, 3.05) is 0 Å². The van der Waals surface area contributed by atoms with Gasteiger partial charge in [-0.05, 0) is 37.3 Å². The molecule has 0 fully saturated rings. The second-order valence-electron chi connectivity index (χ2n) is 5.39. The second kappa shape index (κ2) is 6.10. The third kappa shape index (κ3) is 3.01. The Kier molecular flexibility index (Phi) is 3.77. The molecule has 1 aromatic carbocycles. The van der Waals surface area contributed by atoms with E-state index in [1.807, 2.05) is 36.4 Å². The van der Waals surface area contributed by atoms with E-state index < -0.39 is 5.91 Å². The molecule has 1 aromatic heterocycles. The van der Waals surface area contributed by atoms with Gasteiger partial charge in [0.1, 0.15) is 11.5 Å². The number of allylic oxidation sites excluding steroid dienone is 1. The molecule has 0 saturated heterocycles. The molecule has 2 aromatic rings. The van der Waals surface area contributed by atoms with Crippen LogP contribution in [0.5, 0.6) is 0 Å². The molecule has 0 atom stereocenters. The number of hydroxylamine groups is 2. The Bertz CT molecular complexity index is 957. The zero-order valence-corrected chi connectivity index (χ0v) is 14.0. The highest BCUT2D eigenvalue weighted by Gasteiger charge is 2.34. The summed E-state index contributed by atoms with van der Waals surface area (Å²) in [6.07, 6.45) is 3.13. The maximum atomic E-state index is 12.2. The second-order valence-corrected chi connectivity index (χ2v) is 6.47. The quantitative estimate of drug-likeness (QED) is 0.849. The van der Waals surface area contributed by atoms with E-state index in [0.717, 1.165) is 4.90 Å². The molecule has 7 heteroatoms. The molecule has 1 N–H and O–H groups in total. The van der Waals surface area contributed by atoms with Gasteiger partial charge in [0.2, 0.25) is 0 Å². The molecule has 3 heterocycles. The number of amidine groups is 2. The summed E-state index contributed by atoms with van der Waals surface area (Å²) >= 11 is 1.48. The van der Waals surface area contributed by atoms with E-state index in [-0.39, 0.29) is 11.4 Å². The van der Waals surface area contributed by atoms with Gasteiger partial charge in [0.15, 0.2) is 16.8 Å². The van der Waals surface area contributed by atoms with Crippen LogP contribution in [0, 0.1) is 5.41 Å². The van der Waals surface area contributed by atoms with Crippen LogP contribution in [0.3, 0.4) is 0 Å². The Hall–Kier alpha value is -3.06. The number of fused-ring (bicyclic) bond motifs is 1. The fourth-order valence-electron chi connectivity index (χ4n) is 2.41. The number of amides is 1. The van der Waals surface area contributed by atoms with Crippen molar-refractivity contribution in [3.8, 4) is 0 Å². The number of hydrogen-bond acceptors (Lipinski definition) is 5. The predicted octanol–water partition coefficient (Wildman–Crippen LogP) is 3.88. The van der Waals surface area contributed by atoms with Crippen molar-refractivity contribution in [2.45, 2.75) is 16.9 Å². The smallest absolute Gasteiger partial charge is 0.283 e. The van der Waals surface area contributed by atoms with Crippen LogP contribution in [0.25, 0.3) is 6.08 Å². The molecule has 0 bridgehead atoms. The van der Waals surface area contributed by atoms with E-state index in [2.05, 4.69) is 4.99 Å². The van der Waals surface area contributed by atoms with Gasteiger partial charge >= 0.3 is 0 Å². The first-order valence-electron chi connectivity index (χ1n) is 7.53. The summed E-state index contributed by atoms with van der Waals surface area (Å²) in [7, 11) is 0. The van der Waals surface area contributed by atoms with Crippen LogP contribution in [0.4, 0.5) is 0 Å². The molecule has 4 rings (SSSR count). The SMILES string of the molecule is CC1=CC2=NC(=O)/C(=C\c3ccc(Sc4ccccc4)o3)C(=N)N2O1. The van der Waals surface area contributed by atoms with E-state index in [4.69, 9.17) is 14.7 Å². The first-order valence-corrected chi connectivity index (χ1v) is 8.34. The van der Waals surface area contributed by atoms with Gasteiger partial charge in [-0.1, -0.05) is 30.0 Å². The van der Waals surface area contributed by atoms with Crippen LogP contribution in [-0.2, 0) is 9.63 Å². The van der Waals surface area contributed by atoms with Gasteiger partial charge in [-0.2, -0.15) is 4.99 Å². The number of carbonyl (C=O) groups excluding carboxylic acids is 1. The van der Waals surface area contributed by atoms with Gasteiger partial charge in [-0.3, -0.25) is 10.2 Å². The minimum absolute atomic E-state index is 0.0586. The van der Waals surface area contributed by atoms with Crippen LogP contribution in [0.1, 0.15) is 12.7 Å². The summed E-state index contributed by atoms with van der Waals surface area (Å²) in [6, 6.07) is 13.4. The molecule has 0 saturated carbocycles. The normalized spacial score (nSPS) is 18.1. The number of nitrogens with one attached hydrogen (secondary N) is 1. The molecule has 0 aliphatic carbocycles. The first-order chi connectivity index (χ1) is 12.1. The Morgan fingerprint density at radius 2 is 2.00 bits per heavy atom. The van der Waals surface area contributed by atoms with Crippen LogP contribution in [-0.4, -0.2) is 22.6 Å². The highest BCUT2D eigenvalue weighted by molar-refractivity contribution is 7.99. The first kappa shape index (κ1) is 15.5. The molecule has 2 aliphatic heterocycles. The number of hydrogen-bond donors (Lipinski definition) is 1. The summed E-state index contributed by atoms with van der Waals surface area (Å²) in [5.74, 6) is 0.840. The molecule has 25 heavy (non-hydrogen) atoms. The van der Waals surface area contributed by atoms with Gasteiger partial charge in [-0.15, -0.1) is 5.06 Å². The molecule has 1 amide bonds. The molecule has 0 unspecified atom stereocenters. The van der Waals surface area contributed by atoms with Crippen molar-refractivity contribution < 1.29 is 14.0 Å². The molecule has 0 spiro atoms. The predicted molar refractivity (Wildman–Crippen MR) is 94.1 cm³/mol. The van der Waals surface area contributed by atoms with Gasteiger partial charge < -0.3 is 9.25 Å². The minimum atomic E-state index is -0.487. The molecule has 0 radical (unpaired) electrons. The van der Waals surface area contributed by atoms with Gasteiger partial charge in [-0.25, -0.2) is 0 Å². The number of furan rings is 1. The Morgan fingerprint density at radius 3 is 2.80 bits per heavy atom. The van der Waals surface area contributed by atoms with Crippen molar-refractivity contribution in [3.63, 3.8) is 0 Å². The Labute approximate surface area is 148 Å². The lowest BCUT2D eigenvalue weighted by atomic mass is 10.1. The lowest BCUT2D eigenvalue weighted by molar-refractivity contribution is -0.114. The van der Waals surface area contributed by atoms with Crippen molar-refractivity contribution >= 4 is 35.4 Å². The summed E-state index contributed by atoms with van der Waals surface area (Å²) in [4.78, 5) is 22.6. The zero-order valence-electron chi connectivity index (χ0n) is 13.2. The summed E-state index contributed by atoms with van der Waals surface area (Å²) in [5, 5.41) is 10.1. The van der Waals surface area contributed by atoms with Crippen molar-refractivity contribution in [1.29, 1.82) is 5.41 Å². The van der Waals surface area contributed by atoms with E-state index in [1.165, 1.54) is 22.9 Å². The summed E-state index contributed by atoms with van der Waals surface area (Å²) < 4.78 is 5.74. The maximum absolute atomic E-state index is 12.2. The molecular formula is C18H13N3O3S. The highest BCUT2D eigenvalue weighted by Crippen LogP contribution is 2.30. The molecule has 124 valence electrons. The van der Waals surface area contributed by atoms with E-state index in [9.17, 15) is 4.79 Å². The standard InChI is InChI=1S/C18H13N3O3S/c1-11-9-15-20-18(22)14(17(19)21(15)24-11)10-12-7-8-16(23-12)25-13-5-3-2-4-6-13/h2-10,19H,1H3/b14-10-,19-17?. The fraction of sp³-hybridized carbons (Fsp3) is 0.0556. The van der Waals surface area contributed by atoms with Crippen LogP contribution in [0.2, 0.25) is 0 Å². The number of nitrogens with zero attached hydrogens (tertiary/aromatic N) is 2. The minimum Gasteiger partial charge on any atom is -0.450 e. The molecule has 6 nitrogen and oxygen atoms in total. The maximum Gasteiger partial charge on any atom is 0.283 e. The van der Waals surface area contributed by atoms with Gasteiger partial charge in [0.05, 0.1) is 5.57 Å². The third-order valence-electron chi connectivity index (χ3n) is 3.53. The Morgan fingerprint density at radius 1 is 1.20 bits per heavy atom. The monoisotopic (exact) mass is 351 g/mol. The highest BCUT2D eigenvalue weighted by atomic mass is 32.2. The summed E-state index contributed by atoms with van der Waals surface area (Å²) in [5.41, 5.74) is 0.123. The van der Waals surface area contributed by atoms with Crippen molar-refractivity contribution in [3.05, 3.63) is 65.6 Å². The van der Waals surface area contributed by atoms with Crippen LogP contribution >= 0.6 is 11.8 Å². The van der Waals surface area contributed by atoms with E-state index >= 15 is 0 Å². The number of carbonyl (C=O) groups is 1. The largest absolute Gasteiger partial charge is 0.450 e. The fourth-order valence-corrected chi connectivity index (χ4v) is 3.21. The zero-order chi connectivity index (χ0) is 17.4. The van der Waals surface area contributed by atoms with Crippen LogP contribution in [0.15, 0.2) is 79.3 Å².